The summed E-state index contributed by atoms with van der Waals surface area (Å²) in [5, 5.41) is 2.22. The van der Waals surface area contributed by atoms with Gasteiger partial charge in [-0.1, -0.05) is 25.4 Å². The Morgan fingerprint density at radius 3 is 2.50 bits per heavy atom. The lowest BCUT2D eigenvalue weighted by atomic mass is 10.2. The lowest BCUT2D eigenvalue weighted by Crippen LogP contribution is -2.53. The van der Waals surface area contributed by atoms with E-state index in [2.05, 4.69) is 15.3 Å². The molecule has 2 rings (SSSR count). The predicted octanol–water partition coefficient (Wildman–Crippen LogP) is 0.352. The van der Waals surface area contributed by atoms with E-state index in [0.717, 1.165) is 4.90 Å². The first kappa shape index (κ1) is 14.4. The van der Waals surface area contributed by atoms with Gasteiger partial charge in [-0.3, -0.25) is 19.7 Å². The van der Waals surface area contributed by atoms with E-state index in [1.54, 1.807) is 0 Å². The van der Waals surface area contributed by atoms with E-state index < -0.39 is 17.7 Å². The van der Waals surface area contributed by atoms with Crippen molar-refractivity contribution in [2.24, 2.45) is 0 Å². The summed E-state index contributed by atoms with van der Waals surface area (Å²) in [6, 6.07) is 0. The minimum Gasteiger partial charge on any atom is -0.319 e. The molecule has 0 atom stereocenters. The summed E-state index contributed by atoms with van der Waals surface area (Å²) in [6.45, 7) is 3.38. The molecule has 0 bridgehead atoms. The Labute approximate surface area is 120 Å². The molecule has 3 amide bonds. The number of imide groups is 1. The zero-order valence-corrected chi connectivity index (χ0v) is 11.8. The van der Waals surface area contributed by atoms with Crippen LogP contribution in [0.15, 0.2) is 6.20 Å². The minimum atomic E-state index is -0.553. The normalized spacial score (nSPS) is 15.5. The molecule has 1 aromatic rings. The molecule has 1 aliphatic heterocycles. The molecule has 1 saturated heterocycles. The van der Waals surface area contributed by atoms with Gasteiger partial charge in [0.2, 0.25) is 11.8 Å². The van der Waals surface area contributed by atoms with Gasteiger partial charge in [0.25, 0.3) is 5.91 Å². The average Bonchev–Trinajstić information content (AvgIpc) is 2.37. The fourth-order valence-corrected chi connectivity index (χ4v) is 1.91. The van der Waals surface area contributed by atoms with Gasteiger partial charge in [0.05, 0.1) is 11.2 Å². The third kappa shape index (κ3) is 2.93. The van der Waals surface area contributed by atoms with Crippen LogP contribution in [0.25, 0.3) is 0 Å². The van der Waals surface area contributed by atoms with Gasteiger partial charge in [0.15, 0.2) is 5.69 Å². The van der Waals surface area contributed by atoms with Crippen LogP contribution in [0.4, 0.5) is 0 Å². The van der Waals surface area contributed by atoms with Gasteiger partial charge >= 0.3 is 0 Å². The predicted molar refractivity (Wildman–Crippen MR) is 70.2 cm³/mol. The number of halogens is 1. The van der Waals surface area contributed by atoms with Crippen molar-refractivity contribution in [2.75, 3.05) is 13.1 Å². The summed E-state index contributed by atoms with van der Waals surface area (Å²) in [4.78, 5) is 44.1. The van der Waals surface area contributed by atoms with Gasteiger partial charge in [-0.25, -0.2) is 9.97 Å². The van der Waals surface area contributed by atoms with E-state index in [-0.39, 0.29) is 29.7 Å². The van der Waals surface area contributed by atoms with E-state index >= 15 is 0 Å². The summed E-state index contributed by atoms with van der Waals surface area (Å²) in [6.07, 6.45) is 1.35. The Morgan fingerprint density at radius 2 is 1.95 bits per heavy atom. The summed E-state index contributed by atoms with van der Waals surface area (Å²) in [5.74, 6) is -1.09. The molecule has 1 fully saturated rings. The molecular formula is C12H13ClN4O3. The number of hydrogen-bond donors (Lipinski definition) is 1. The second kappa shape index (κ2) is 5.54. The molecule has 1 aromatic heterocycles. The number of hydrogen-bond acceptors (Lipinski definition) is 5. The summed E-state index contributed by atoms with van der Waals surface area (Å²) < 4.78 is 0. The highest BCUT2D eigenvalue weighted by Crippen LogP contribution is 2.18. The van der Waals surface area contributed by atoms with Crippen LogP contribution in [0, 0.1) is 0 Å². The molecule has 0 unspecified atom stereocenters. The van der Waals surface area contributed by atoms with Gasteiger partial charge in [-0.05, 0) is 0 Å². The molecule has 2 heterocycles. The smallest absolute Gasteiger partial charge is 0.275 e. The minimum absolute atomic E-state index is 0.00728. The van der Waals surface area contributed by atoms with Gasteiger partial charge in [0.1, 0.15) is 18.9 Å². The number of nitrogens with zero attached hydrogens (tertiary/aromatic N) is 3. The number of nitrogens with one attached hydrogen (secondary N) is 1. The molecular weight excluding hydrogens is 284 g/mol. The zero-order valence-electron chi connectivity index (χ0n) is 11.0. The second-order valence-corrected chi connectivity index (χ2v) is 5.12. The van der Waals surface area contributed by atoms with Crippen LogP contribution >= 0.6 is 11.6 Å². The molecule has 0 aliphatic carbocycles. The van der Waals surface area contributed by atoms with Crippen LogP contribution in [0.1, 0.15) is 36.1 Å². The average molecular weight is 297 g/mol. The van der Waals surface area contributed by atoms with Gasteiger partial charge in [-0.15, -0.1) is 0 Å². The largest absolute Gasteiger partial charge is 0.319 e. The first-order valence-electron chi connectivity index (χ1n) is 6.03. The highest BCUT2D eigenvalue weighted by molar-refractivity contribution is 6.33. The quantitative estimate of drug-likeness (QED) is 0.795. The maximum atomic E-state index is 12.3. The third-order valence-corrected chi connectivity index (χ3v) is 2.99. The fourth-order valence-electron chi connectivity index (χ4n) is 1.74. The lowest BCUT2D eigenvalue weighted by molar-refractivity contribution is -0.135. The third-order valence-electron chi connectivity index (χ3n) is 2.72. The molecule has 1 N–H and O–H groups in total. The topological polar surface area (TPSA) is 92.3 Å². The Bertz CT molecular complexity index is 572. The SMILES string of the molecule is CC(C)c1ncc(Cl)c(C(=O)N2CC(=O)NC(=O)C2)n1. The van der Waals surface area contributed by atoms with Crippen LogP contribution in [-0.2, 0) is 9.59 Å². The van der Waals surface area contributed by atoms with Gasteiger partial charge < -0.3 is 4.90 Å². The van der Waals surface area contributed by atoms with Crippen molar-refractivity contribution in [2.45, 2.75) is 19.8 Å². The second-order valence-electron chi connectivity index (χ2n) is 4.71. The van der Waals surface area contributed by atoms with E-state index in [1.807, 2.05) is 13.8 Å². The van der Waals surface area contributed by atoms with Crippen molar-refractivity contribution in [3.05, 3.63) is 22.7 Å². The number of aromatic nitrogens is 2. The Balaban J connectivity index is 2.30. The van der Waals surface area contributed by atoms with Crippen molar-refractivity contribution in [3.8, 4) is 0 Å². The molecule has 1 aliphatic rings. The van der Waals surface area contributed by atoms with E-state index in [4.69, 9.17) is 11.6 Å². The van der Waals surface area contributed by atoms with Crippen molar-refractivity contribution >= 4 is 29.3 Å². The standard InChI is InChI=1S/C12H13ClN4O3/c1-6(2)11-14-3-7(13)10(16-11)12(20)17-4-8(18)15-9(19)5-17/h3,6H,4-5H2,1-2H3,(H,15,18,19). The van der Waals surface area contributed by atoms with Crippen LogP contribution in [-0.4, -0.2) is 45.7 Å². The Hall–Kier alpha value is -2.02. The molecule has 7 nitrogen and oxygen atoms in total. The summed E-state index contributed by atoms with van der Waals surface area (Å²) in [7, 11) is 0. The molecule has 20 heavy (non-hydrogen) atoms. The maximum Gasteiger partial charge on any atom is 0.275 e. The van der Waals surface area contributed by atoms with Crippen LogP contribution in [0.3, 0.4) is 0 Å². The van der Waals surface area contributed by atoms with E-state index in [0.29, 0.717) is 5.82 Å². The number of piperazine rings is 1. The first-order valence-corrected chi connectivity index (χ1v) is 6.40. The number of carbonyl (C=O) groups is 3. The molecule has 0 spiro atoms. The Kier molecular flexibility index (Phi) is 3.99. The van der Waals surface area contributed by atoms with E-state index in [1.165, 1.54) is 6.20 Å². The van der Waals surface area contributed by atoms with Crippen molar-refractivity contribution < 1.29 is 14.4 Å². The molecule has 8 heteroatoms. The van der Waals surface area contributed by atoms with Crippen LogP contribution in [0.5, 0.6) is 0 Å². The number of rotatable bonds is 2. The van der Waals surface area contributed by atoms with Gasteiger partial charge in [0, 0.05) is 5.92 Å². The zero-order chi connectivity index (χ0) is 14.9. The van der Waals surface area contributed by atoms with Crippen molar-refractivity contribution in [1.82, 2.24) is 20.2 Å². The Morgan fingerprint density at radius 1 is 1.35 bits per heavy atom. The molecule has 106 valence electrons. The highest BCUT2D eigenvalue weighted by Gasteiger charge is 2.29. The maximum absolute atomic E-state index is 12.3. The highest BCUT2D eigenvalue weighted by atomic mass is 35.5. The van der Waals surface area contributed by atoms with Crippen molar-refractivity contribution in [3.63, 3.8) is 0 Å². The first-order chi connectivity index (χ1) is 9.38. The summed E-state index contributed by atoms with van der Waals surface area (Å²) >= 11 is 5.93. The van der Waals surface area contributed by atoms with Crippen molar-refractivity contribution in [1.29, 1.82) is 0 Å². The van der Waals surface area contributed by atoms with Crippen LogP contribution in [0.2, 0.25) is 5.02 Å². The van der Waals surface area contributed by atoms with E-state index in [9.17, 15) is 14.4 Å². The monoisotopic (exact) mass is 296 g/mol. The fraction of sp³-hybridized carbons (Fsp3) is 0.417. The molecule has 0 aromatic carbocycles. The summed E-state index contributed by atoms with van der Waals surface area (Å²) in [5.41, 5.74) is 0.00728. The van der Waals surface area contributed by atoms with Gasteiger partial charge in [-0.2, -0.15) is 0 Å². The number of amides is 3. The number of carbonyl (C=O) groups excluding carboxylic acids is 3. The molecule has 0 radical (unpaired) electrons. The molecule has 0 saturated carbocycles. The lowest BCUT2D eigenvalue weighted by Gasteiger charge is -2.25. The van der Waals surface area contributed by atoms with Crippen LogP contribution < -0.4 is 5.32 Å².